The number of amides is 1. The number of carbonyl (C=O) groups is 1. The predicted octanol–water partition coefficient (Wildman–Crippen LogP) is 3.43. The van der Waals surface area contributed by atoms with Crippen LogP contribution in [0.4, 0.5) is 11.6 Å². The number of anilines is 2. The molecule has 1 aliphatic heterocycles. The van der Waals surface area contributed by atoms with Crippen molar-refractivity contribution in [3.05, 3.63) is 66.4 Å². The van der Waals surface area contributed by atoms with Crippen molar-refractivity contribution in [3.8, 4) is 11.3 Å². The van der Waals surface area contributed by atoms with Gasteiger partial charge in [-0.15, -0.1) is 0 Å². The Balaban J connectivity index is 1.39. The van der Waals surface area contributed by atoms with E-state index in [9.17, 15) is 4.79 Å². The van der Waals surface area contributed by atoms with E-state index in [4.69, 9.17) is 4.74 Å². The molecule has 3 aromatic heterocycles. The second kappa shape index (κ2) is 8.39. The molecule has 0 spiro atoms. The van der Waals surface area contributed by atoms with Crippen molar-refractivity contribution >= 4 is 28.3 Å². The number of rotatable bonds is 4. The lowest BCUT2D eigenvalue weighted by Crippen LogP contribution is -2.36. The van der Waals surface area contributed by atoms with Gasteiger partial charge in [-0.05, 0) is 36.6 Å². The average molecular weight is 428 g/mol. The van der Waals surface area contributed by atoms with Gasteiger partial charge in [0, 0.05) is 49.0 Å². The normalized spacial score (nSPS) is 14.0. The fraction of sp³-hybridized carbons (Fsp3) is 0.250. The molecular weight excluding hydrogens is 404 g/mol. The lowest BCUT2D eigenvalue weighted by Gasteiger charge is -2.27. The molecule has 0 unspecified atom stereocenters. The van der Waals surface area contributed by atoms with Gasteiger partial charge in [-0.2, -0.15) is 0 Å². The summed E-state index contributed by atoms with van der Waals surface area (Å²) in [7, 11) is 2.00. The number of imidazole rings is 1. The molecule has 1 saturated heterocycles. The maximum atomic E-state index is 12.9. The quantitative estimate of drug-likeness (QED) is 0.536. The van der Waals surface area contributed by atoms with E-state index in [1.54, 1.807) is 18.5 Å². The molecule has 1 aliphatic rings. The van der Waals surface area contributed by atoms with Gasteiger partial charge in [0.25, 0.3) is 5.91 Å². The Morgan fingerprint density at radius 1 is 1.00 bits per heavy atom. The Morgan fingerprint density at radius 2 is 1.84 bits per heavy atom. The van der Waals surface area contributed by atoms with Crippen LogP contribution in [0, 0.1) is 6.92 Å². The fourth-order valence-electron chi connectivity index (χ4n) is 3.85. The summed E-state index contributed by atoms with van der Waals surface area (Å²) in [5.74, 6) is 2.03. The third kappa shape index (κ3) is 3.92. The first-order chi connectivity index (χ1) is 15.6. The number of aryl methyl sites for hydroxylation is 1. The molecule has 0 bridgehead atoms. The number of fused-ring (bicyclic) bond motifs is 1. The van der Waals surface area contributed by atoms with Gasteiger partial charge in [0.1, 0.15) is 17.5 Å². The first-order valence-corrected chi connectivity index (χ1v) is 10.6. The van der Waals surface area contributed by atoms with Crippen molar-refractivity contribution in [2.45, 2.75) is 6.92 Å². The molecular formula is C24H24N6O2. The maximum Gasteiger partial charge on any atom is 0.257 e. The minimum absolute atomic E-state index is 0.216. The van der Waals surface area contributed by atoms with Crippen LogP contribution >= 0.6 is 0 Å². The molecule has 5 rings (SSSR count). The summed E-state index contributed by atoms with van der Waals surface area (Å²) in [5.41, 5.74) is 2.65. The van der Waals surface area contributed by atoms with Crippen LogP contribution < -0.4 is 10.2 Å². The smallest absolute Gasteiger partial charge is 0.257 e. The molecule has 32 heavy (non-hydrogen) atoms. The Kier molecular flexibility index (Phi) is 5.28. The maximum absolute atomic E-state index is 12.9. The molecule has 1 N–H and O–H groups in total. The molecule has 0 aliphatic carbocycles. The highest BCUT2D eigenvalue weighted by atomic mass is 16.5. The Bertz CT molecular complexity index is 1290. The van der Waals surface area contributed by atoms with Crippen LogP contribution in [0.3, 0.4) is 0 Å². The summed E-state index contributed by atoms with van der Waals surface area (Å²) in [6, 6.07) is 11.6. The number of nitrogens with zero attached hydrogens (tertiary/aromatic N) is 5. The number of pyridine rings is 2. The van der Waals surface area contributed by atoms with Gasteiger partial charge >= 0.3 is 0 Å². The molecule has 4 heterocycles. The number of hydrogen-bond donors (Lipinski definition) is 1. The standard InChI is InChI=1S/C24H24N6O2/c1-16-26-15-21(29(16)2)17-3-4-19-14-27-22(12-20(19)11-17)28-24(31)18-5-6-25-23(13-18)30-7-9-32-10-8-30/h3-6,11-15H,7-10H2,1-2H3,(H,27,28,31). The summed E-state index contributed by atoms with van der Waals surface area (Å²) in [4.78, 5) is 28.2. The van der Waals surface area contributed by atoms with Crippen molar-refractivity contribution < 1.29 is 9.53 Å². The minimum Gasteiger partial charge on any atom is -0.378 e. The van der Waals surface area contributed by atoms with E-state index in [0.717, 1.165) is 46.8 Å². The van der Waals surface area contributed by atoms with Crippen molar-refractivity contribution in [2.24, 2.45) is 7.05 Å². The summed E-state index contributed by atoms with van der Waals surface area (Å²) in [6.07, 6.45) is 5.31. The average Bonchev–Trinajstić information content (AvgIpc) is 3.17. The monoisotopic (exact) mass is 428 g/mol. The molecule has 1 amide bonds. The minimum atomic E-state index is -0.216. The number of aromatic nitrogens is 4. The number of morpholine rings is 1. The zero-order chi connectivity index (χ0) is 22.1. The third-order valence-corrected chi connectivity index (χ3v) is 5.82. The van der Waals surface area contributed by atoms with Crippen LogP contribution in [-0.2, 0) is 11.8 Å². The van der Waals surface area contributed by atoms with Crippen LogP contribution in [0.5, 0.6) is 0 Å². The lowest BCUT2D eigenvalue weighted by atomic mass is 10.1. The Hall–Kier alpha value is -3.78. The Morgan fingerprint density at radius 3 is 2.62 bits per heavy atom. The third-order valence-electron chi connectivity index (χ3n) is 5.82. The highest BCUT2D eigenvalue weighted by molar-refractivity contribution is 6.05. The molecule has 1 aromatic carbocycles. The first-order valence-electron chi connectivity index (χ1n) is 10.6. The van der Waals surface area contributed by atoms with Gasteiger partial charge in [0.05, 0.1) is 25.1 Å². The highest BCUT2D eigenvalue weighted by Gasteiger charge is 2.15. The number of nitrogens with one attached hydrogen (secondary N) is 1. The largest absolute Gasteiger partial charge is 0.378 e. The molecule has 0 saturated carbocycles. The molecule has 0 radical (unpaired) electrons. The van der Waals surface area contributed by atoms with Crippen LogP contribution in [0.1, 0.15) is 16.2 Å². The highest BCUT2D eigenvalue weighted by Crippen LogP contribution is 2.26. The van der Waals surface area contributed by atoms with E-state index in [-0.39, 0.29) is 5.91 Å². The molecule has 1 fully saturated rings. The van der Waals surface area contributed by atoms with Crippen molar-refractivity contribution in [2.75, 3.05) is 36.5 Å². The molecule has 0 atom stereocenters. The SMILES string of the molecule is Cc1ncc(-c2ccc3cnc(NC(=O)c4ccnc(N5CCOCC5)c4)cc3c2)n1C. The zero-order valence-electron chi connectivity index (χ0n) is 18.1. The van der Waals surface area contributed by atoms with E-state index in [1.165, 1.54) is 0 Å². The van der Waals surface area contributed by atoms with Crippen molar-refractivity contribution in [1.29, 1.82) is 0 Å². The fourth-order valence-corrected chi connectivity index (χ4v) is 3.85. The lowest BCUT2D eigenvalue weighted by molar-refractivity contribution is 0.102. The van der Waals surface area contributed by atoms with Gasteiger partial charge < -0.3 is 19.5 Å². The van der Waals surface area contributed by atoms with Crippen LogP contribution in [0.15, 0.2) is 55.0 Å². The summed E-state index contributed by atoms with van der Waals surface area (Å²) in [5, 5.41) is 4.92. The van der Waals surface area contributed by atoms with E-state index >= 15 is 0 Å². The summed E-state index contributed by atoms with van der Waals surface area (Å²) in [6.45, 7) is 4.84. The van der Waals surface area contributed by atoms with E-state index in [1.807, 2.05) is 38.4 Å². The van der Waals surface area contributed by atoms with Crippen LogP contribution in [0.25, 0.3) is 22.0 Å². The number of carbonyl (C=O) groups excluding carboxylic acids is 1. The van der Waals surface area contributed by atoms with E-state index in [0.29, 0.717) is 24.6 Å². The van der Waals surface area contributed by atoms with Crippen LogP contribution in [0.2, 0.25) is 0 Å². The zero-order valence-corrected chi connectivity index (χ0v) is 18.1. The van der Waals surface area contributed by atoms with Crippen molar-refractivity contribution in [1.82, 2.24) is 19.5 Å². The van der Waals surface area contributed by atoms with Gasteiger partial charge in [-0.3, -0.25) is 4.79 Å². The van der Waals surface area contributed by atoms with Gasteiger partial charge in [-0.25, -0.2) is 15.0 Å². The van der Waals surface area contributed by atoms with Crippen molar-refractivity contribution in [3.63, 3.8) is 0 Å². The first kappa shape index (κ1) is 20.1. The molecule has 4 aromatic rings. The Labute approximate surface area is 185 Å². The molecule has 8 nitrogen and oxygen atoms in total. The van der Waals surface area contributed by atoms with Gasteiger partial charge in [0.15, 0.2) is 0 Å². The predicted molar refractivity (Wildman–Crippen MR) is 124 cm³/mol. The van der Waals surface area contributed by atoms with Gasteiger partial charge in [0.2, 0.25) is 0 Å². The summed E-state index contributed by atoms with van der Waals surface area (Å²) < 4.78 is 7.45. The summed E-state index contributed by atoms with van der Waals surface area (Å²) >= 11 is 0. The van der Waals surface area contributed by atoms with E-state index in [2.05, 4.69) is 41.9 Å². The number of benzene rings is 1. The second-order valence-corrected chi connectivity index (χ2v) is 7.84. The number of ether oxygens (including phenoxy) is 1. The van der Waals surface area contributed by atoms with Gasteiger partial charge in [-0.1, -0.05) is 12.1 Å². The second-order valence-electron chi connectivity index (χ2n) is 7.84. The molecule has 8 heteroatoms. The van der Waals surface area contributed by atoms with E-state index < -0.39 is 0 Å². The topological polar surface area (TPSA) is 85.2 Å². The number of hydrogen-bond acceptors (Lipinski definition) is 6. The van der Waals surface area contributed by atoms with Crippen LogP contribution in [-0.4, -0.2) is 51.7 Å². The molecule has 162 valence electrons.